The number of aromatic nitrogens is 1. The van der Waals surface area contributed by atoms with E-state index < -0.39 is 0 Å². The van der Waals surface area contributed by atoms with E-state index in [1.165, 1.54) is 0 Å². The van der Waals surface area contributed by atoms with Gasteiger partial charge >= 0.3 is 0 Å². The Labute approximate surface area is 118 Å². The van der Waals surface area contributed by atoms with Gasteiger partial charge in [-0.15, -0.1) is 0 Å². The zero-order valence-electron chi connectivity index (χ0n) is 11.5. The second kappa shape index (κ2) is 6.75. The highest BCUT2D eigenvalue weighted by Crippen LogP contribution is 2.24. The minimum absolute atomic E-state index is 0.0300. The summed E-state index contributed by atoms with van der Waals surface area (Å²) in [5.41, 5.74) is 0. The molecule has 2 aromatic rings. The number of anilines is 1. The van der Waals surface area contributed by atoms with Gasteiger partial charge in [-0.2, -0.15) is 0 Å². The molecule has 0 aliphatic heterocycles. The molecule has 106 valence electrons. The van der Waals surface area contributed by atoms with Gasteiger partial charge in [-0.25, -0.2) is 4.98 Å². The summed E-state index contributed by atoms with van der Waals surface area (Å²) in [5, 5.41) is 17.4. The van der Waals surface area contributed by atoms with Gasteiger partial charge in [0.1, 0.15) is 11.6 Å². The van der Waals surface area contributed by atoms with Crippen molar-refractivity contribution in [2.24, 2.45) is 0 Å². The standard InChI is InChI=1S/C15H19N3O2/c1-2-7-16-14(20)6-9-18-15-13-10-12(19)4-3-11(13)5-8-17-15/h3-5,8,10,19H,2,6-7,9H2,1H3,(H,16,20)(H,17,18). The highest BCUT2D eigenvalue weighted by molar-refractivity contribution is 5.92. The highest BCUT2D eigenvalue weighted by atomic mass is 16.3. The minimum atomic E-state index is 0.0300. The van der Waals surface area contributed by atoms with Gasteiger partial charge in [0, 0.05) is 31.1 Å². The summed E-state index contributed by atoms with van der Waals surface area (Å²) in [5.74, 6) is 0.915. The van der Waals surface area contributed by atoms with Crippen LogP contribution in [-0.4, -0.2) is 29.1 Å². The number of aromatic hydroxyl groups is 1. The van der Waals surface area contributed by atoms with Gasteiger partial charge in [-0.1, -0.05) is 13.0 Å². The van der Waals surface area contributed by atoms with E-state index in [1.54, 1.807) is 18.3 Å². The van der Waals surface area contributed by atoms with Crippen LogP contribution < -0.4 is 10.6 Å². The predicted octanol–water partition coefficient (Wildman–Crippen LogP) is 2.27. The van der Waals surface area contributed by atoms with Crippen LogP contribution in [-0.2, 0) is 4.79 Å². The third-order valence-corrected chi connectivity index (χ3v) is 2.97. The molecule has 1 amide bonds. The number of carbonyl (C=O) groups is 1. The van der Waals surface area contributed by atoms with E-state index in [0.29, 0.717) is 25.3 Å². The molecule has 1 aromatic heterocycles. The number of phenols is 1. The van der Waals surface area contributed by atoms with Crippen LogP contribution in [0.2, 0.25) is 0 Å². The average Bonchev–Trinajstić information content (AvgIpc) is 2.45. The monoisotopic (exact) mass is 273 g/mol. The number of hydrogen-bond acceptors (Lipinski definition) is 4. The van der Waals surface area contributed by atoms with E-state index >= 15 is 0 Å². The van der Waals surface area contributed by atoms with E-state index in [9.17, 15) is 9.90 Å². The summed E-state index contributed by atoms with van der Waals surface area (Å²) in [7, 11) is 0. The van der Waals surface area contributed by atoms with Crippen LogP contribution >= 0.6 is 0 Å². The van der Waals surface area contributed by atoms with Crippen molar-refractivity contribution in [2.45, 2.75) is 19.8 Å². The molecular formula is C15H19N3O2. The Morgan fingerprint density at radius 2 is 2.15 bits per heavy atom. The fourth-order valence-electron chi connectivity index (χ4n) is 1.94. The summed E-state index contributed by atoms with van der Waals surface area (Å²) in [6, 6.07) is 7.03. The van der Waals surface area contributed by atoms with E-state index in [1.807, 2.05) is 19.1 Å². The Bertz CT molecular complexity index is 599. The van der Waals surface area contributed by atoms with E-state index in [4.69, 9.17) is 0 Å². The molecule has 0 saturated carbocycles. The molecule has 0 atom stereocenters. The zero-order chi connectivity index (χ0) is 14.4. The number of nitrogens with one attached hydrogen (secondary N) is 2. The number of pyridine rings is 1. The van der Waals surface area contributed by atoms with Crippen molar-refractivity contribution < 1.29 is 9.90 Å². The summed E-state index contributed by atoms with van der Waals surface area (Å²) < 4.78 is 0. The summed E-state index contributed by atoms with van der Waals surface area (Å²) in [6.07, 6.45) is 3.04. The van der Waals surface area contributed by atoms with Gasteiger partial charge in [0.25, 0.3) is 0 Å². The first kappa shape index (κ1) is 14.1. The maximum absolute atomic E-state index is 11.5. The van der Waals surface area contributed by atoms with Crippen molar-refractivity contribution in [1.29, 1.82) is 0 Å². The molecule has 0 unspecified atom stereocenters. The number of benzene rings is 1. The molecule has 0 radical (unpaired) electrons. The van der Waals surface area contributed by atoms with E-state index in [2.05, 4.69) is 15.6 Å². The Hall–Kier alpha value is -2.30. The van der Waals surface area contributed by atoms with Crippen LogP contribution in [0.15, 0.2) is 30.5 Å². The number of rotatable bonds is 6. The van der Waals surface area contributed by atoms with Gasteiger partial charge in [0.2, 0.25) is 5.91 Å². The minimum Gasteiger partial charge on any atom is -0.508 e. The van der Waals surface area contributed by atoms with Gasteiger partial charge in [-0.3, -0.25) is 4.79 Å². The molecule has 0 fully saturated rings. The largest absolute Gasteiger partial charge is 0.508 e. The number of amides is 1. The fourth-order valence-corrected chi connectivity index (χ4v) is 1.94. The molecule has 1 heterocycles. The van der Waals surface area contributed by atoms with Crippen molar-refractivity contribution in [1.82, 2.24) is 10.3 Å². The molecule has 5 nitrogen and oxygen atoms in total. The smallest absolute Gasteiger partial charge is 0.221 e. The molecule has 0 aliphatic rings. The van der Waals surface area contributed by atoms with E-state index in [0.717, 1.165) is 17.2 Å². The Kier molecular flexibility index (Phi) is 4.76. The first-order valence-electron chi connectivity index (χ1n) is 6.79. The second-order valence-electron chi connectivity index (χ2n) is 4.59. The fraction of sp³-hybridized carbons (Fsp3) is 0.333. The van der Waals surface area contributed by atoms with E-state index in [-0.39, 0.29) is 11.7 Å². The zero-order valence-corrected chi connectivity index (χ0v) is 11.5. The van der Waals surface area contributed by atoms with Crippen LogP contribution in [0, 0.1) is 0 Å². The molecule has 5 heteroatoms. The van der Waals surface area contributed by atoms with Gasteiger partial charge < -0.3 is 15.7 Å². The molecule has 2 rings (SSSR count). The van der Waals surface area contributed by atoms with Gasteiger partial charge in [-0.05, 0) is 30.0 Å². The number of fused-ring (bicyclic) bond motifs is 1. The first-order valence-corrected chi connectivity index (χ1v) is 6.79. The third kappa shape index (κ3) is 3.60. The molecule has 0 saturated heterocycles. The van der Waals surface area contributed by atoms with Crippen LogP contribution in [0.25, 0.3) is 10.8 Å². The predicted molar refractivity (Wildman–Crippen MR) is 79.8 cm³/mol. The van der Waals surface area contributed by atoms with Crippen LogP contribution in [0.5, 0.6) is 5.75 Å². The molecule has 0 bridgehead atoms. The lowest BCUT2D eigenvalue weighted by Crippen LogP contribution is -2.26. The molecule has 20 heavy (non-hydrogen) atoms. The first-order chi connectivity index (χ1) is 9.70. The Morgan fingerprint density at radius 1 is 1.30 bits per heavy atom. The average molecular weight is 273 g/mol. The SMILES string of the molecule is CCCNC(=O)CCNc1nccc2ccc(O)cc12. The molecule has 3 N–H and O–H groups in total. The van der Waals surface area contributed by atoms with Crippen molar-refractivity contribution in [3.05, 3.63) is 30.5 Å². The van der Waals surface area contributed by atoms with Crippen molar-refractivity contribution in [2.75, 3.05) is 18.4 Å². The van der Waals surface area contributed by atoms with Crippen LogP contribution in [0.3, 0.4) is 0 Å². The third-order valence-electron chi connectivity index (χ3n) is 2.97. The molecular weight excluding hydrogens is 254 g/mol. The van der Waals surface area contributed by atoms with Crippen LogP contribution in [0.1, 0.15) is 19.8 Å². The summed E-state index contributed by atoms with van der Waals surface area (Å²) in [6.45, 7) is 3.24. The quantitative estimate of drug-likeness (QED) is 0.754. The summed E-state index contributed by atoms with van der Waals surface area (Å²) in [4.78, 5) is 15.8. The van der Waals surface area contributed by atoms with Crippen molar-refractivity contribution >= 4 is 22.5 Å². The molecule has 0 aliphatic carbocycles. The number of nitrogens with zero attached hydrogens (tertiary/aromatic N) is 1. The van der Waals surface area contributed by atoms with Crippen molar-refractivity contribution in [3.63, 3.8) is 0 Å². The number of carbonyl (C=O) groups excluding carboxylic acids is 1. The molecule has 0 spiro atoms. The lowest BCUT2D eigenvalue weighted by Gasteiger charge is -2.09. The molecule has 1 aromatic carbocycles. The normalized spacial score (nSPS) is 10.4. The van der Waals surface area contributed by atoms with Gasteiger partial charge in [0.05, 0.1) is 0 Å². The maximum Gasteiger partial charge on any atom is 0.221 e. The lowest BCUT2D eigenvalue weighted by atomic mass is 10.1. The number of phenolic OH excluding ortho intramolecular Hbond substituents is 1. The number of hydrogen-bond donors (Lipinski definition) is 3. The maximum atomic E-state index is 11.5. The Morgan fingerprint density at radius 3 is 2.95 bits per heavy atom. The van der Waals surface area contributed by atoms with Crippen molar-refractivity contribution in [3.8, 4) is 5.75 Å². The van der Waals surface area contributed by atoms with Gasteiger partial charge in [0.15, 0.2) is 0 Å². The summed E-state index contributed by atoms with van der Waals surface area (Å²) >= 11 is 0. The Balaban J connectivity index is 1.99. The highest BCUT2D eigenvalue weighted by Gasteiger charge is 2.04. The van der Waals surface area contributed by atoms with Crippen LogP contribution in [0.4, 0.5) is 5.82 Å². The topological polar surface area (TPSA) is 74.2 Å². The lowest BCUT2D eigenvalue weighted by molar-refractivity contribution is -0.120. The second-order valence-corrected chi connectivity index (χ2v) is 4.59.